The first kappa shape index (κ1) is 30.7. The summed E-state index contributed by atoms with van der Waals surface area (Å²) in [4.78, 5) is 37.2. The number of esters is 1. The first-order valence-electron chi connectivity index (χ1n) is 13.4. The minimum Gasteiger partial charge on any atom is -0.492 e. The molecule has 0 bridgehead atoms. The van der Waals surface area contributed by atoms with Gasteiger partial charge in [0.25, 0.3) is 5.91 Å². The predicted molar refractivity (Wildman–Crippen MR) is 157 cm³/mol. The van der Waals surface area contributed by atoms with E-state index in [1.165, 1.54) is 19.2 Å². The van der Waals surface area contributed by atoms with Crippen molar-refractivity contribution in [2.24, 2.45) is 0 Å². The van der Waals surface area contributed by atoms with Gasteiger partial charge in [0.15, 0.2) is 0 Å². The monoisotopic (exact) mass is 602 g/mol. The average molecular weight is 604 g/mol. The smallest absolute Gasteiger partial charge is 0.331 e. The highest BCUT2D eigenvalue weighted by Gasteiger charge is 2.42. The first-order valence-corrected chi connectivity index (χ1v) is 14.2. The molecule has 0 aliphatic heterocycles. The van der Waals surface area contributed by atoms with Crippen LogP contribution >= 0.6 is 23.2 Å². The van der Waals surface area contributed by atoms with Gasteiger partial charge in [0, 0.05) is 17.7 Å². The topological polar surface area (TPSA) is 93.6 Å². The summed E-state index contributed by atoms with van der Waals surface area (Å²) in [6.07, 6.45) is 5.40. The summed E-state index contributed by atoms with van der Waals surface area (Å²) in [5.74, 6) is -1.11. The number of carbonyl (C=O) groups excluding carboxylic acids is 2. The molecule has 1 aromatic carbocycles. The van der Waals surface area contributed by atoms with Gasteiger partial charge in [-0.2, -0.15) is 0 Å². The fraction of sp³-hybridized carbons (Fsp3) is 0.400. The molecule has 0 radical (unpaired) electrons. The van der Waals surface area contributed by atoms with Crippen molar-refractivity contribution in [3.8, 4) is 28.3 Å². The van der Waals surface area contributed by atoms with Gasteiger partial charge in [-0.3, -0.25) is 9.78 Å². The molecule has 41 heavy (non-hydrogen) atoms. The number of ether oxygens (including phenoxy) is 2. The predicted octanol–water partition coefficient (Wildman–Crippen LogP) is 6.19. The number of nitrogens with zero attached hydrogens (tertiary/aromatic N) is 3. The van der Waals surface area contributed by atoms with Gasteiger partial charge in [0.05, 0.1) is 41.3 Å². The van der Waals surface area contributed by atoms with Crippen LogP contribution in [0.25, 0.3) is 22.5 Å². The molecule has 11 heteroatoms. The second-order valence-electron chi connectivity index (χ2n) is 10.3. The van der Waals surface area contributed by atoms with Crippen LogP contribution in [0.4, 0.5) is 4.39 Å². The van der Waals surface area contributed by atoms with Gasteiger partial charge in [-0.05, 0) is 63.7 Å². The highest BCUT2D eigenvalue weighted by Crippen LogP contribution is 2.37. The lowest BCUT2D eigenvalue weighted by molar-refractivity contribution is -0.149. The number of amides is 1. The largest absolute Gasteiger partial charge is 0.492 e. The van der Waals surface area contributed by atoms with Crippen LogP contribution in [-0.2, 0) is 9.53 Å². The maximum Gasteiger partial charge on any atom is 0.331 e. The molecule has 2 aromatic heterocycles. The second-order valence-corrected chi connectivity index (χ2v) is 11.1. The van der Waals surface area contributed by atoms with Gasteiger partial charge in [0.1, 0.15) is 22.8 Å². The van der Waals surface area contributed by atoms with Crippen LogP contribution in [0.2, 0.25) is 10.0 Å². The number of hydrogen-bond acceptors (Lipinski definition) is 7. The Morgan fingerprint density at radius 3 is 2.49 bits per heavy atom. The second kappa shape index (κ2) is 13.6. The number of carbonyl (C=O) groups is 2. The van der Waals surface area contributed by atoms with Gasteiger partial charge in [-0.15, -0.1) is 0 Å². The van der Waals surface area contributed by atoms with Crippen molar-refractivity contribution in [3.05, 3.63) is 64.2 Å². The lowest BCUT2D eigenvalue weighted by atomic mass is 9.81. The summed E-state index contributed by atoms with van der Waals surface area (Å²) in [6, 6.07) is 9.51. The molecule has 0 atom stereocenters. The van der Waals surface area contributed by atoms with Crippen molar-refractivity contribution in [2.45, 2.75) is 44.1 Å². The van der Waals surface area contributed by atoms with E-state index in [2.05, 4.69) is 15.2 Å². The normalized spacial score (nSPS) is 14.5. The van der Waals surface area contributed by atoms with Crippen LogP contribution in [-0.4, -0.2) is 66.6 Å². The number of halogens is 3. The fourth-order valence-corrected chi connectivity index (χ4v) is 5.37. The molecule has 1 fully saturated rings. The van der Waals surface area contributed by atoms with Gasteiger partial charge in [-0.1, -0.05) is 48.5 Å². The Hall–Kier alpha value is -3.27. The van der Waals surface area contributed by atoms with E-state index in [0.717, 1.165) is 38.4 Å². The summed E-state index contributed by atoms with van der Waals surface area (Å²) >= 11 is 12.8. The van der Waals surface area contributed by atoms with E-state index >= 15 is 0 Å². The molecular weight excluding hydrogens is 570 g/mol. The summed E-state index contributed by atoms with van der Waals surface area (Å²) in [5, 5.41) is 3.41. The van der Waals surface area contributed by atoms with Crippen LogP contribution in [0.3, 0.4) is 0 Å². The molecule has 4 rings (SSSR count). The van der Waals surface area contributed by atoms with Crippen molar-refractivity contribution in [3.63, 3.8) is 0 Å². The molecule has 0 spiro atoms. The Morgan fingerprint density at radius 2 is 1.80 bits per heavy atom. The molecule has 2 heterocycles. The average Bonchev–Trinajstić information content (AvgIpc) is 2.96. The van der Waals surface area contributed by atoms with Gasteiger partial charge in [0.2, 0.25) is 0 Å². The Morgan fingerprint density at radius 1 is 1.05 bits per heavy atom. The van der Waals surface area contributed by atoms with E-state index in [1.54, 1.807) is 24.3 Å². The summed E-state index contributed by atoms with van der Waals surface area (Å²) < 4.78 is 24.8. The Balaban J connectivity index is 1.75. The molecule has 1 aliphatic carbocycles. The van der Waals surface area contributed by atoms with Crippen LogP contribution in [0.1, 0.15) is 49.0 Å². The van der Waals surface area contributed by atoms with E-state index < -0.39 is 23.2 Å². The maximum absolute atomic E-state index is 13.8. The van der Waals surface area contributed by atoms with Crippen molar-refractivity contribution in [2.75, 3.05) is 34.4 Å². The molecule has 218 valence electrons. The number of nitrogens with one attached hydrogen (secondary N) is 1. The fourth-order valence-electron chi connectivity index (χ4n) is 4.95. The zero-order chi connectivity index (χ0) is 29.6. The summed E-state index contributed by atoms with van der Waals surface area (Å²) in [5.41, 5.74) is 0.699. The molecule has 0 unspecified atom stereocenters. The van der Waals surface area contributed by atoms with Crippen LogP contribution in [0.15, 0.2) is 42.6 Å². The third-order valence-corrected chi connectivity index (χ3v) is 7.64. The van der Waals surface area contributed by atoms with Crippen molar-refractivity contribution >= 4 is 35.1 Å². The zero-order valence-electron chi connectivity index (χ0n) is 23.3. The number of aromatic nitrogens is 2. The van der Waals surface area contributed by atoms with E-state index in [1.807, 2.05) is 14.1 Å². The molecule has 0 saturated heterocycles. The van der Waals surface area contributed by atoms with Crippen molar-refractivity contribution < 1.29 is 23.5 Å². The van der Waals surface area contributed by atoms with Crippen LogP contribution in [0.5, 0.6) is 5.75 Å². The number of hydrogen-bond donors (Lipinski definition) is 1. The number of rotatable bonds is 10. The SMILES string of the molecule is COC(=O)C1(NC(=O)c2ccc(-c3ncc(F)cc3Cl)c(-c3ccc(Cl)c(OCCCN(C)C)c3)n2)CCCCC1. The van der Waals surface area contributed by atoms with E-state index in [9.17, 15) is 14.0 Å². The lowest BCUT2D eigenvalue weighted by Crippen LogP contribution is -2.56. The van der Waals surface area contributed by atoms with E-state index in [-0.39, 0.29) is 10.7 Å². The Labute approximate surface area is 249 Å². The van der Waals surface area contributed by atoms with Crippen LogP contribution in [0, 0.1) is 5.82 Å². The van der Waals surface area contributed by atoms with E-state index in [0.29, 0.717) is 52.7 Å². The van der Waals surface area contributed by atoms with Gasteiger partial charge < -0.3 is 19.7 Å². The van der Waals surface area contributed by atoms with Crippen LogP contribution < -0.4 is 10.1 Å². The molecule has 3 aromatic rings. The van der Waals surface area contributed by atoms with Gasteiger partial charge in [-0.25, -0.2) is 14.2 Å². The molecule has 1 amide bonds. The number of benzene rings is 1. The van der Waals surface area contributed by atoms with Gasteiger partial charge >= 0.3 is 5.97 Å². The maximum atomic E-state index is 13.8. The highest BCUT2D eigenvalue weighted by molar-refractivity contribution is 6.33. The first-order chi connectivity index (χ1) is 19.6. The number of methoxy groups -OCH3 is 1. The third kappa shape index (κ3) is 7.33. The van der Waals surface area contributed by atoms with E-state index in [4.69, 9.17) is 37.7 Å². The lowest BCUT2D eigenvalue weighted by Gasteiger charge is -2.35. The minimum absolute atomic E-state index is 0.0826. The Kier molecular flexibility index (Phi) is 10.2. The Bertz CT molecular complexity index is 1410. The zero-order valence-corrected chi connectivity index (χ0v) is 24.8. The third-order valence-electron chi connectivity index (χ3n) is 7.04. The standard InChI is InChI=1S/C30H33Cl2FN4O4/c1-37(2)14-7-15-41-25-16-19(8-10-22(25)31)26-21(27-23(32)17-20(33)18-34-27)9-11-24(35-26)28(38)36-30(29(39)40-3)12-5-4-6-13-30/h8-11,16-18H,4-7,12-15H2,1-3H3,(H,36,38). The molecule has 8 nitrogen and oxygen atoms in total. The van der Waals surface area contributed by atoms with Crippen molar-refractivity contribution in [1.82, 2.24) is 20.2 Å². The minimum atomic E-state index is -1.11. The van der Waals surface area contributed by atoms with Crippen molar-refractivity contribution in [1.29, 1.82) is 0 Å². The number of pyridine rings is 2. The summed E-state index contributed by atoms with van der Waals surface area (Å²) in [6.45, 7) is 1.30. The molecule has 1 aliphatic rings. The molecular formula is C30H33Cl2FN4O4. The molecule has 1 saturated carbocycles. The quantitative estimate of drug-likeness (QED) is 0.218. The molecule has 1 N–H and O–H groups in total. The summed E-state index contributed by atoms with van der Waals surface area (Å²) in [7, 11) is 5.29. The highest BCUT2D eigenvalue weighted by atomic mass is 35.5.